The molecule has 4 nitrogen and oxygen atoms in total. The molecule has 2 rings (SSSR count). The maximum absolute atomic E-state index is 5.52. The summed E-state index contributed by atoms with van der Waals surface area (Å²) >= 11 is 3.34. The lowest BCUT2D eigenvalue weighted by atomic mass is 10.1. The zero-order chi connectivity index (χ0) is 11.4. The van der Waals surface area contributed by atoms with Gasteiger partial charge in [0.1, 0.15) is 5.76 Å². The van der Waals surface area contributed by atoms with Crippen molar-refractivity contribution in [3.8, 4) is 0 Å². The molecule has 0 aliphatic carbocycles. The zero-order valence-corrected chi connectivity index (χ0v) is 10.1. The molecule has 0 radical (unpaired) electrons. The van der Waals surface area contributed by atoms with Crippen LogP contribution in [0.25, 0.3) is 0 Å². The van der Waals surface area contributed by atoms with Gasteiger partial charge >= 0.3 is 0 Å². The molecule has 0 amide bonds. The summed E-state index contributed by atoms with van der Waals surface area (Å²) in [5.74, 6) is 6.40. The lowest BCUT2D eigenvalue weighted by Crippen LogP contribution is -2.30. The molecule has 3 N–H and O–H groups in total. The van der Waals surface area contributed by atoms with E-state index in [-0.39, 0.29) is 6.04 Å². The Hall–Kier alpha value is -1.17. The highest BCUT2D eigenvalue weighted by atomic mass is 79.9. The minimum atomic E-state index is -0.0424. The number of aromatic nitrogens is 1. The summed E-state index contributed by atoms with van der Waals surface area (Å²) in [4.78, 5) is 4.30. The molecule has 16 heavy (non-hydrogen) atoms. The monoisotopic (exact) mass is 281 g/mol. The summed E-state index contributed by atoms with van der Waals surface area (Å²) in [6, 6.07) is 7.60. The predicted molar refractivity (Wildman–Crippen MR) is 64.4 cm³/mol. The van der Waals surface area contributed by atoms with Crippen LogP contribution in [0.3, 0.4) is 0 Å². The molecule has 0 aliphatic rings. The highest BCUT2D eigenvalue weighted by Gasteiger charge is 2.13. The molecule has 2 aromatic heterocycles. The third-order valence-electron chi connectivity index (χ3n) is 2.29. The van der Waals surface area contributed by atoms with Crippen LogP contribution in [0.4, 0.5) is 0 Å². The standard InChI is InChI=1S/C11H12BrN3O/c12-8-3-4-10(14-7-8)11(15-13)6-9-2-1-5-16-9/h1-5,7,11,15H,6,13H2. The number of nitrogens with two attached hydrogens (primary N) is 1. The molecular formula is C11H12BrN3O. The normalized spacial score (nSPS) is 12.6. The molecule has 0 saturated carbocycles. The fourth-order valence-electron chi connectivity index (χ4n) is 1.47. The van der Waals surface area contributed by atoms with Crippen molar-refractivity contribution in [2.24, 2.45) is 5.84 Å². The van der Waals surface area contributed by atoms with E-state index in [0.717, 1.165) is 15.9 Å². The summed E-state index contributed by atoms with van der Waals surface area (Å²) < 4.78 is 6.23. The summed E-state index contributed by atoms with van der Waals surface area (Å²) in [6.07, 6.45) is 4.08. The van der Waals surface area contributed by atoms with Gasteiger partial charge in [0.25, 0.3) is 0 Å². The van der Waals surface area contributed by atoms with E-state index in [9.17, 15) is 0 Å². The highest BCUT2D eigenvalue weighted by Crippen LogP contribution is 2.17. The van der Waals surface area contributed by atoms with Crippen LogP contribution in [-0.4, -0.2) is 4.98 Å². The van der Waals surface area contributed by atoms with Gasteiger partial charge in [0.05, 0.1) is 18.0 Å². The predicted octanol–water partition coefficient (Wildman–Crippen LogP) is 2.18. The van der Waals surface area contributed by atoms with E-state index in [0.29, 0.717) is 6.42 Å². The van der Waals surface area contributed by atoms with Gasteiger partial charge < -0.3 is 4.42 Å². The molecule has 2 heterocycles. The number of nitrogens with zero attached hydrogens (tertiary/aromatic N) is 1. The van der Waals surface area contributed by atoms with Crippen LogP contribution >= 0.6 is 15.9 Å². The number of rotatable bonds is 4. The van der Waals surface area contributed by atoms with E-state index in [1.165, 1.54) is 0 Å². The molecule has 1 unspecified atom stereocenters. The van der Waals surface area contributed by atoms with Crippen molar-refractivity contribution in [1.82, 2.24) is 10.4 Å². The smallest absolute Gasteiger partial charge is 0.105 e. The average molecular weight is 282 g/mol. The molecule has 84 valence electrons. The molecular weight excluding hydrogens is 270 g/mol. The number of hydrazine groups is 1. The molecule has 1 atom stereocenters. The number of hydrogen-bond acceptors (Lipinski definition) is 4. The Kier molecular flexibility index (Phi) is 3.71. The Bertz CT molecular complexity index is 427. The second-order valence-corrected chi connectivity index (χ2v) is 4.32. The number of halogens is 1. The number of furan rings is 1. The fraction of sp³-hybridized carbons (Fsp3) is 0.182. The van der Waals surface area contributed by atoms with Crippen LogP contribution in [0.1, 0.15) is 17.5 Å². The van der Waals surface area contributed by atoms with Crippen LogP contribution in [-0.2, 0) is 6.42 Å². The topological polar surface area (TPSA) is 64.1 Å². The Morgan fingerprint density at radius 3 is 2.88 bits per heavy atom. The summed E-state index contributed by atoms with van der Waals surface area (Å²) in [7, 11) is 0. The van der Waals surface area contributed by atoms with Crippen molar-refractivity contribution in [3.63, 3.8) is 0 Å². The quantitative estimate of drug-likeness (QED) is 0.666. The summed E-state index contributed by atoms with van der Waals surface area (Å²) in [6.45, 7) is 0. The first-order chi connectivity index (χ1) is 7.79. The van der Waals surface area contributed by atoms with Crippen LogP contribution in [0.15, 0.2) is 45.6 Å². The molecule has 0 fully saturated rings. The number of hydrogen-bond donors (Lipinski definition) is 2. The van der Waals surface area contributed by atoms with Crippen LogP contribution in [0.2, 0.25) is 0 Å². The van der Waals surface area contributed by atoms with E-state index in [4.69, 9.17) is 10.3 Å². The molecule has 0 saturated heterocycles. The van der Waals surface area contributed by atoms with Crippen molar-refractivity contribution in [2.45, 2.75) is 12.5 Å². The first-order valence-corrected chi connectivity index (χ1v) is 5.69. The van der Waals surface area contributed by atoms with E-state index in [2.05, 4.69) is 26.3 Å². The van der Waals surface area contributed by atoms with Crippen molar-refractivity contribution < 1.29 is 4.42 Å². The molecule has 0 aromatic carbocycles. The lowest BCUT2D eigenvalue weighted by molar-refractivity contribution is 0.449. The lowest BCUT2D eigenvalue weighted by Gasteiger charge is -2.13. The van der Waals surface area contributed by atoms with Gasteiger partial charge in [0.15, 0.2) is 0 Å². The molecule has 0 bridgehead atoms. The Morgan fingerprint density at radius 2 is 2.31 bits per heavy atom. The number of nitrogens with one attached hydrogen (secondary N) is 1. The van der Waals surface area contributed by atoms with E-state index < -0.39 is 0 Å². The van der Waals surface area contributed by atoms with Gasteiger partial charge in [-0.2, -0.15) is 0 Å². The second-order valence-electron chi connectivity index (χ2n) is 3.40. The Balaban J connectivity index is 2.13. The molecule has 0 aliphatic heterocycles. The minimum Gasteiger partial charge on any atom is -0.469 e. The van der Waals surface area contributed by atoms with Gasteiger partial charge in [-0.15, -0.1) is 0 Å². The highest BCUT2D eigenvalue weighted by molar-refractivity contribution is 9.10. The maximum atomic E-state index is 5.52. The summed E-state index contributed by atoms with van der Waals surface area (Å²) in [5, 5.41) is 0. The van der Waals surface area contributed by atoms with Gasteiger partial charge in [-0.3, -0.25) is 16.3 Å². The summed E-state index contributed by atoms with van der Waals surface area (Å²) in [5.41, 5.74) is 3.63. The minimum absolute atomic E-state index is 0.0424. The van der Waals surface area contributed by atoms with Crippen molar-refractivity contribution >= 4 is 15.9 Å². The van der Waals surface area contributed by atoms with Crippen LogP contribution in [0.5, 0.6) is 0 Å². The van der Waals surface area contributed by atoms with E-state index >= 15 is 0 Å². The maximum Gasteiger partial charge on any atom is 0.105 e. The third-order valence-corrected chi connectivity index (χ3v) is 2.76. The van der Waals surface area contributed by atoms with Crippen LogP contribution in [0, 0.1) is 0 Å². The first kappa shape index (κ1) is 11.3. The second kappa shape index (κ2) is 5.25. The SMILES string of the molecule is NNC(Cc1ccco1)c1ccc(Br)cn1. The van der Waals surface area contributed by atoms with E-state index in [1.54, 1.807) is 12.5 Å². The van der Waals surface area contributed by atoms with Gasteiger partial charge in [-0.05, 0) is 40.2 Å². The van der Waals surface area contributed by atoms with Gasteiger partial charge in [-0.1, -0.05) is 0 Å². The van der Waals surface area contributed by atoms with Crippen molar-refractivity contribution in [3.05, 3.63) is 52.7 Å². The zero-order valence-electron chi connectivity index (χ0n) is 8.56. The van der Waals surface area contributed by atoms with Gasteiger partial charge in [0.2, 0.25) is 0 Å². The largest absolute Gasteiger partial charge is 0.469 e. The van der Waals surface area contributed by atoms with Gasteiger partial charge in [-0.25, -0.2) is 0 Å². The number of pyridine rings is 1. The van der Waals surface area contributed by atoms with Gasteiger partial charge in [0, 0.05) is 17.1 Å². The van der Waals surface area contributed by atoms with E-state index in [1.807, 2.05) is 24.3 Å². The van der Waals surface area contributed by atoms with Crippen molar-refractivity contribution in [1.29, 1.82) is 0 Å². The Labute approximate surface area is 102 Å². The van der Waals surface area contributed by atoms with Crippen molar-refractivity contribution in [2.75, 3.05) is 0 Å². The average Bonchev–Trinajstić information content (AvgIpc) is 2.80. The van der Waals surface area contributed by atoms with Crippen LogP contribution < -0.4 is 11.3 Å². The fourth-order valence-corrected chi connectivity index (χ4v) is 1.71. The Morgan fingerprint density at radius 1 is 1.44 bits per heavy atom. The first-order valence-electron chi connectivity index (χ1n) is 4.89. The molecule has 5 heteroatoms. The molecule has 2 aromatic rings. The third kappa shape index (κ3) is 2.69. The molecule has 0 spiro atoms.